The molecule has 4 rings (SSSR count). The van der Waals surface area contributed by atoms with E-state index in [1.807, 2.05) is 60.7 Å². The number of methoxy groups -OCH3 is 1. The lowest BCUT2D eigenvalue weighted by Crippen LogP contribution is -1.85. The van der Waals surface area contributed by atoms with Crippen LogP contribution in [-0.4, -0.2) is 7.11 Å². The van der Waals surface area contributed by atoms with Gasteiger partial charge in [0.2, 0.25) is 0 Å². The molecule has 1 aromatic heterocycles. The van der Waals surface area contributed by atoms with Crippen molar-refractivity contribution in [1.29, 1.82) is 0 Å². The van der Waals surface area contributed by atoms with Crippen LogP contribution >= 0.6 is 0 Å². The number of hydrogen-bond donors (Lipinski definition) is 0. The molecule has 0 aliphatic rings. The van der Waals surface area contributed by atoms with Crippen LogP contribution in [0.2, 0.25) is 0 Å². The van der Waals surface area contributed by atoms with Gasteiger partial charge >= 0.3 is 11.5 Å². The Labute approximate surface area is 165 Å². The molecule has 0 radical (unpaired) electrons. The summed E-state index contributed by atoms with van der Waals surface area (Å²) in [5.41, 5.74) is 4.31. The smallest absolute Gasteiger partial charge is 0.361 e. The highest BCUT2D eigenvalue weighted by atomic mass is 16.5. The first-order valence-electron chi connectivity index (χ1n) is 9.23. The highest BCUT2D eigenvalue weighted by molar-refractivity contribution is 5.74. The summed E-state index contributed by atoms with van der Waals surface area (Å²) >= 11 is 0. The fourth-order valence-corrected chi connectivity index (χ4v) is 3.01. The molecule has 0 fully saturated rings. The molecule has 0 atom stereocenters. The molecular weight excluding hydrogens is 344 g/mol. The third kappa shape index (κ3) is 4.18. The van der Waals surface area contributed by atoms with Crippen LogP contribution in [0.3, 0.4) is 0 Å². The maximum Gasteiger partial charge on any atom is 0.361 e. The molecule has 0 bridgehead atoms. The van der Waals surface area contributed by atoms with E-state index in [2.05, 4.69) is 48.6 Å². The minimum atomic E-state index is 0.844. The summed E-state index contributed by atoms with van der Waals surface area (Å²) in [4.78, 5) is 0. The Bertz CT molecular complexity index is 1010. The lowest BCUT2D eigenvalue weighted by atomic mass is 10.1. The molecule has 0 unspecified atom stereocenters. The van der Waals surface area contributed by atoms with Gasteiger partial charge in [0.15, 0.2) is 0 Å². The minimum absolute atomic E-state index is 0.844. The molecule has 0 amide bonds. The van der Waals surface area contributed by atoms with Gasteiger partial charge in [-0.2, -0.15) is 0 Å². The summed E-state index contributed by atoms with van der Waals surface area (Å²) in [6.07, 6.45) is 4.20. The number of hydrogen-bond acceptors (Lipinski definition) is 1. The summed E-state index contributed by atoms with van der Waals surface area (Å²) in [5, 5.41) is 0. The van der Waals surface area contributed by atoms with Gasteiger partial charge in [-0.1, -0.05) is 60.7 Å². The first-order chi connectivity index (χ1) is 13.8. The van der Waals surface area contributed by atoms with Gasteiger partial charge in [0.1, 0.15) is 5.75 Å². The first kappa shape index (κ1) is 17.7. The van der Waals surface area contributed by atoms with Crippen molar-refractivity contribution < 1.29 is 9.15 Å². The minimum Gasteiger partial charge on any atom is -0.497 e. The van der Waals surface area contributed by atoms with Gasteiger partial charge < -0.3 is 4.74 Å². The van der Waals surface area contributed by atoms with Crippen LogP contribution < -0.4 is 4.74 Å². The Hall–Kier alpha value is -3.65. The lowest BCUT2D eigenvalue weighted by molar-refractivity contribution is 0.415. The average Bonchev–Trinajstić information content (AvgIpc) is 2.79. The fraction of sp³-hybridized carbons (Fsp3) is 0.0385. The summed E-state index contributed by atoms with van der Waals surface area (Å²) in [6, 6.07) is 32.5. The normalized spacial score (nSPS) is 10.9. The molecule has 3 aromatic carbocycles. The zero-order valence-electron chi connectivity index (χ0n) is 15.7. The molecule has 28 heavy (non-hydrogen) atoms. The van der Waals surface area contributed by atoms with Gasteiger partial charge in [-0.25, -0.2) is 4.42 Å². The molecule has 2 heteroatoms. The quantitative estimate of drug-likeness (QED) is 0.352. The van der Waals surface area contributed by atoms with Gasteiger partial charge in [0.05, 0.1) is 30.4 Å². The predicted octanol–water partition coefficient (Wildman–Crippen LogP) is 7.07. The molecule has 0 saturated carbocycles. The van der Waals surface area contributed by atoms with Crippen LogP contribution in [0.15, 0.2) is 101 Å². The van der Waals surface area contributed by atoms with Crippen LogP contribution in [0.1, 0.15) is 11.1 Å². The van der Waals surface area contributed by atoms with Gasteiger partial charge in [-0.05, 0) is 47.5 Å². The summed E-state index contributed by atoms with van der Waals surface area (Å²) in [5.74, 6) is 2.54. The molecule has 1 heterocycles. The third-order valence-corrected chi connectivity index (χ3v) is 4.52. The second kappa shape index (κ2) is 8.36. The van der Waals surface area contributed by atoms with E-state index >= 15 is 0 Å². The highest BCUT2D eigenvalue weighted by Gasteiger charge is 2.18. The third-order valence-electron chi connectivity index (χ3n) is 4.52. The van der Waals surface area contributed by atoms with Gasteiger partial charge in [-0.3, -0.25) is 0 Å². The van der Waals surface area contributed by atoms with Gasteiger partial charge in [0.25, 0.3) is 0 Å². The molecule has 136 valence electrons. The summed E-state index contributed by atoms with van der Waals surface area (Å²) in [6.45, 7) is 0. The summed E-state index contributed by atoms with van der Waals surface area (Å²) in [7, 11) is 1.68. The van der Waals surface area contributed by atoms with Crippen LogP contribution in [0.4, 0.5) is 0 Å². The Morgan fingerprint density at radius 3 is 1.61 bits per heavy atom. The Morgan fingerprint density at radius 2 is 1.11 bits per heavy atom. The van der Waals surface area contributed by atoms with E-state index in [4.69, 9.17) is 9.15 Å². The van der Waals surface area contributed by atoms with E-state index in [1.54, 1.807) is 7.11 Å². The van der Waals surface area contributed by atoms with Crippen LogP contribution in [0.25, 0.3) is 34.8 Å². The second-order valence-electron chi connectivity index (χ2n) is 6.46. The molecular formula is C26H21O2+. The molecule has 2 nitrogen and oxygen atoms in total. The van der Waals surface area contributed by atoms with Gasteiger partial charge in [-0.15, -0.1) is 0 Å². The second-order valence-corrected chi connectivity index (χ2v) is 6.46. The van der Waals surface area contributed by atoms with E-state index in [0.717, 1.165) is 39.5 Å². The average molecular weight is 365 g/mol. The van der Waals surface area contributed by atoms with Crippen molar-refractivity contribution in [2.75, 3.05) is 7.11 Å². The molecule has 4 aromatic rings. The largest absolute Gasteiger partial charge is 0.497 e. The molecule has 0 aliphatic heterocycles. The first-order valence-corrected chi connectivity index (χ1v) is 9.23. The van der Waals surface area contributed by atoms with Crippen molar-refractivity contribution in [3.05, 3.63) is 108 Å². The van der Waals surface area contributed by atoms with Crippen molar-refractivity contribution >= 4 is 12.2 Å². The van der Waals surface area contributed by atoms with Crippen LogP contribution in [0.5, 0.6) is 5.75 Å². The number of benzene rings is 3. The Balaban J connectivity index is 1.74. The zero-order chi connectivity index (χ0) is 19.2. The molecule has 0 aliphatic carbocycles. The van der Waals surface area contributed by atoms with E-state index in [9.17, 15) is 0 Å². The van der Waals surface area contributed by atoms with Crippen molar-refractivity contribution in [2.45, 2.75) is 0 Å². The standard InChI is InChI=1S/C26H21O2/c1-27-24-16-14-20(15-17-24)12-13-21-18-25(22-8-4-2-5-9-22)28-26(19-21)23-10-6-3-7-11-23/h2-19H,1H3/q+1/b13-12+. The Kier molecular flexibility index (Phi) is 5.30. The maximum absolute atomic E-state index is 6.22. The maximum atomic E-state index is 6.22. The van der Waals surface area contributed by atoms with Crippen LogP contribution in [-0.2, 0) is 0 Å². The van der Waals surface area contributed by atoms with Crippen molar-refractivity contribution in [3.8, 4) is 28.4 Å². The predicted molar refractivity (Wildman–Crippen MR) is 116 cm³/mol. The van der Waals surface area contributed by atoms with E-state index in [-0.39, 0.29) is 0 Å². The topological polar surface area (TPSA) is 20.5 Å². The number of rotatable bonds is 5. The molecule has 0 N–H and O–H groups in total. The van der Waals surface area contributed by atoms with Gasteiger partial charge in [0, 0.05) is 0 Å². The molecule has 0 saturated heterocycles. The zero-order valence-corrected chi connectivity index (χ0v) is 15.7. The van der Waals surface area contributed by atoms with E-state index in [1.165, 1.54) is 0 Å². The van der Waals surface area contributed by atoms with Crippen LogP contribution in [0, 0.1) is 0 Å². The van der Waals surface area contributed by atoms with Crippen molar-refractivity contribution in [1.82, 2.24) is 0 Å². The number of ether oxygens (including phenoxy) is 1. The SMILES string of the molecule is COc1ccc(/C=C/c2cc(-c3ccccc3)[o+]c(-c3ccccc3)c2)cc1. The fourth-order valence-electron chi connectivity index (χ4n) is 3.01. The monoisotopic (exact) mass is 365 g/mol. The molecule has 0 spiro atoms. The van der Waals surface area contributed by atoms with E-state index < -0.39 is 0 Å². The highest BCUT2D eigenvalue weighted by Crippen LogP contribution is 2.29. The Morgan fingerprint density at radius 1 is 0.607 bits per heavy atom. The van der Waals surface area contributed by atoms with E-state index in [0.29, 0.717) is 0 Å². The van der Waals surface area contributed by atoms with Crippen molar-refractivity contribution in [2.24, 2.45) is 0 Å². The lowest BCUT2D eigenvalue weighted by Gasteiger charge is -2.00. The van der Waals surface area contributed by atoms with Crippen molar-refractivity contribution in [3.63, 3.8) is 0 Å². The summed E-state index contributed by atoms with van der Waals surface area (Å²) < 4.78 is 11.4.